The Kier molecular flexibility index (Phi) is 3.73. The zero-order valence-corrected chi connectivity index (χ0v) is 11.5. The quantitative estimate of drug-likeness (QED) is 0.589. The van der Waals surface area contributed by atoms with Crippen molar-refractivity contribution in [2.45, 2.75) is 0 Å². The van der Waals surface area contributed by atoms with E-state index in [2.05, 4.69) is 20.2 Å². The lowest BCUT2D eigenvalue weighted by molar-refractivity contribution is 0.415. The molecule has 3 aromatic rings. The molecule has 0 unspecified atom stereocenters. The number of fused-ring (bicyclic) bond motifs is 1. The van der Waals surface area contributed by atoms with Crippen LogP contribution in [0.2, 0.25) is 0 Å². The van der Waals surface area contributed by atoms with E-state index in [-0.39, 0.29) is 0 Å². The van der Waals surface area contributed by atoms with Crippen molar-refractivity contribution in [2.75, 3.05) is 7.11 Å². The molecule has 5 nitrogen and oxygen atoms in total. The van der Waals surface area contributed by atoms with E-state index in [1.807, 2.05) is 48.5 Å². The van der Waals surface area contributed by atoms with Crippen LogP contribution in [0.4, 0.5) is 0 Å². The lowest BCUT2D eigenvalue weighted by atomic mass is 10.2. The first kappa shape index (κ1) is 13.1. The van der Waals surface area contributed by atoms with Gasteiger partial charge in [0.1, 0.15) is 5.75 Å². The summed E-state index contributed by atoms with van der Waals surface area (Å²) in [5, 5.41) is 8.00. The number of nitrogens with one attached hydrogen (secondary N) is 1. The maximum Gasteiger partial charge on any atom is 0.151 e. The minimum Gasteiger partial charge on any atom is -0.497 e. The molecule has 0 amide bonds. The number of benzene rings is 2. The van der Waals surface area contributed by atoms with Gasteiger partial charge in [0.2, 0.25) is 0 Å². The van der Waals surface area contributed by atoms with E-state index in [1.165, 1.54) is 0 Å². The lowest BCUT2D eigenvalue weighted by Crippen LogP contribution is -1.85. The fraction of sp³-hybridized carbons (Fsp3) is 0.0625. The molecule has 0 saturated heterocycles. The highest BCUT2D eigenvalue weighted by atomic mass is 16.5. The van der Waals surface area contributed by atoms with Gasteiger partial charge in [-0.05, 0) is 42.0 Å². The van der Waals surface area contributed by atoms with Crippen molar-refractivity contribution in [3.63, 3.8) is 0 Å². The summed E-state index contributed by atoms with van der Waals surface area (Å²) in [5.74, 6) is 1.50. The second-order valence-corrected chi connectivity index (χ2v) is 4.40. The summed E-state index contributed by atoms with van der Waals surface area (Å²) in [4.78, 5) is 7.54. The zero-order chi connectivity index (χ0) is 14.5. The predicted molar refractivity (Wildman–Crippen MR) is 84.3 cm³/mol. The van der Waals surface area contributed by atoms with Gasteiger partial charge in [0.25, 0.3) is 0 Å². The third kappa shape index (κ3) is 3.14. The Balaban J connectivity index is 1.69. The summed E-state index contributed by atoms with van der Waals surface area (Å²) < 4.78 is 5.09. The van der Waals surface area contributed by atoms with Crippen LogP contribution in [0.5, 0.6) is 5.75 Å². The molecule has 1 heterocycles. The second kappa shape index (κ2) is 6.00. The summed E-state index contributed by atoms with van der Waals surface area (Å²) in [6, 6.07) is 15.4. The molecule has 0 bridgehead atoms. The average molecular weight is 278 g/mol. The van der Waals surface area contributed by atoms with Crippen LogP contribution in [-0.4, -0.2) is 29.5 Å². The van der Waals surface area contributed by atoms with E-state index < -0.39 is 0 Å². The molecule has 5 heteroatoms. The number of aromatic nitrogens is 2. The van der Waals surface area contributed by atoms with Crippen LogP contribution >= 0.6 is 0 Å². The number of H-pyrrole nitrogens is 1. The molecule has 0 saturated carbocycles. The predicted octanol–water partition coefficient (Wildman–Crippen LogP) is 3.02. The first-order valence-electron chi connectivity index (χ1n) is 6.50. The molecule has 1 aromatic heterocycles. The average Bonchev–Trinajstić information content (AvgIpc) is 2.95. The number of para-hydroxylation sites is 2. The van der Waals surface area contributed by atoms with Gasteiger partial charge in [0, 0.05) is 0 Å². The molecule has 0 aliphatic carbocycles. The van der Waals surface area contributed by atoms with Crippen LogP contribution in [0.15, 0.2) is 58.7 Å². The topological polar surface area (TPSA) is 62.6 Å². The Morgan fingerprint density at radius 3 is 2.52 bits per heavy atom. The summed E-state index contributed by atoms with van der Waals surface area (Å²) in [5.41, 5.74) is 2.86. The molecule has 0 aliphatic heterocycles. The zero-order valence-electron chi connectivity index (χ0n) is 11.5. The smallest absolute Gasteiger partial charge is 0.151 e. The Morgan fingerprint density at radius 1 is 1.00 bits per heavy atom. The number of imidazole rings is 1. The highest BCUT2D eigenvalue weighted by molar-refractivity contribution is 5.84. The standard InChI is InChI=1S/C16H14N4O/c1-21-13-8-6-12(7-9-13)10-17-18-11-16-19-14-4-2-3-5-15(14)20-16/h2-11H,1H3,(H,19,20). The van der Waals surface area contributed by atoms with Gasteiger partial charge < -0.3 is 9.72 Å². The molecular weight excluding hydrogens is 264 g/mol. The van der Waals surface area contributed by atoms with Crippen LogP contribution < -0.4 is 4.74 Å². The van der Waals surface area contributed by atoms with Crippen LogP contribution in [0.3, 0.4) is 0 Å². The normalized spacial score (nSPS) is 11.7. The molecule has 0 atom stereocenters. The molecule has 1 N–H and O–H groups in total. The van der Waals surface area contributed by atoms with E-state index in [9.17, 15) is 0 Å². The van der Waals surface area contributed by atoms with E-state index in [0.717, 1.165) is 22.3 Å². The van der Waals surface area contributed by atoms with Crippen molar-refractivity contribution in [1.29, 1.82) is 0 Å². The van der Waals surface area contributed by atoms with Crippen molar-refractivity contribution in [3.8, 4) is 5.75 Å². The van der Waals surface area contributed by atoms with Crippen molar-refractivity contribution in [1.82, 2.24) is 9.97 Å². The first-order chi connectivity index (χ1) is 10.3. The van der Waals surface area contributed by atoms with E-state index >= 15 is 0 Å². The summed E-state index contributed by atoms with van der Waals surface area (Å²) in [6.07, 6.45) is 3.28. The monoisotopic (exact) mass is 278 g/mol. The van der Waals surface area contributed by atoms with Gasteiger partial charge in [-0.15, -0.1) is 0 Å². The molecule has 104 valence electrons. The number of hydrogen-bond acceptors (Lipinski definition) is 4. The van der Waals surface area contributed by atoms with E-state index in [4.69, 9.17) is 4.74 Å². The SMILES string of the molecule is COc1ccc(C=NN=Cc2nc3ccccc3[nH]2)cc1. The fourth-order valence-electron chi connectivity index (χ4n) is 1.91. The van der Waals surface area contributed by atoms with Crippen LogP contribution in [0.1, 0.15) is 11.4 Å². The first-order valence-corrected chi connectivity index (χ1v) is 6.50. The van der Waals surface area contributed by atoms with Gasteiger partial charge in [-0.3, -0.25) is 0 Å². The van der Waals surface area contributed by atoms with Gasteiger partial charge in [0.05, 0.1) is 30.6 Å². The summed E-state index contributed by atoms with van der Waals surface area (Å²) >= 11 is 0. The molecule has 0 spiro atoms. The highest BCUT2D eigenvalue weighted by Crippen LogP contribution is 2.10. The highest BCUT2D eigenvalue weighted by Gasteiger charge is 1.97. The Labute approximate surface area is 122 Å². The molecule has 21 heavy (non-hydrogen) atoms. The van der Waals surface area contributed by atoms with Gasteiger partial charge in [-0.1, -0.05) is 12.1 Å². The minimum atomic E-state index is 0.683. The van der Waals surface area contributed by atoms with Gasteiger partial charge in [-0.25, -0.2) is 4.98 Å². The molecule has 2 aromatic carbocycles. The van der Waals surface area contributed by atoms with Crippen LogP contribution in [-0.2, 0) is 0 Å². The number of aromatic amines is 1. The van der Waals surface area contributed by atoms with Crippen LogP contribution in [0.25, 0.3) is 11.0 Å². The van der Waals surface area contributed by atoms with Crippen molar-refractivity contribution >= 4 is 23.5 Å². The molecular formula is C16H14N4O. The molecule has 0 aliphatic rings. The largest absolute Gasteiger partial charge is 0.497 e. The van der Waals surface area contributed by atoms with Gasteiger partial charge >= 0.3 is 0 Å². The van der Waals surface area contributed by atoms with Crippen LogP contribution in [0, 0.1) is 0 Å². The summed E-state index contributed by atoms with van der Waals surface area (Å²) in [6.45, 7) is 0. The number of nitrogens with zero attached hydrogens (tertiary/aromatic N) is 3. The number of hydrogen-bond donors (Lipinski definition) is 1. The molecule has 0 fully saturated rings. The summed E-state index contributed by atoms with van der Waals surface area (Å²) in [7, 11) is 1.64. The number of rotatable bonds is 4. The van der Waals surface area contributed by atoms with E-state index in [0.29, 0.717) is 5.82 Å². The number of methoxy groups -OCH3 is 1. The minimum absolute atomic E-state index is 0.683. The molecule has 3 rings (SSSR count). The van der Waals surface area contributed by atoms with Crippen molar-refractivity contribution in [3.05, 3.63) is 59.9 Å². The Morgan fingerprint density at radius 2 is 1.76 bits per heavy atom. The van der Waals surface area contributed by atoms with Crippen molar-refractivity contribution in [2.24, 2.45) is 10.2 Å². The van der Waals surface area contributed by atoms with E-state index in [1.54, 1.807) is 19.5 Å². The second-order valence-electron chi connectivity index (χ2n) is 4.40. The fourth-order valence-corrected chi connectivity index (χ4v) is 1.91. The maximum atomic E-state index is 5.09. The van der Waals surface area contributed by atoms with Crippen molar-refractivity contribution < 1.29 is 4.74 Å². The van der Waals surface area contributed by atoms with Gasteiger partial charge in [0.15, 0.2) is 5.82 Å². The maximum absolute atomic E-state index is 5.09. The molecule has 0 radical (unpaired) electrons. The number of ether oxygens (including phenoxy) is 1. The Hall–Kier alpha value is -2.95. The lowest BCUT2D eigenvalue weighted by Gasteiger charge is -1.97. The third-order valence-corrected chi connectivity index (χ3v) is 2.98. The third-order valence-electron chi connectivity index (χ3n) is 2.98. The van der Waals surface area contributed by atoms with Gasteiger partial charge in [-0.2, -0.15) is 10.2 Å². The Bertz CT molecular complexity index is 754.